The maximum atomic E-state index is 8.90. The number of hydrogen-bond acceptors (Lipinski definition) is 4. The Morgan fingerprint density at radius 2 is 2.25 bits per heavy atom. The van der Waals surface area contributed by atoms with Crippen LogP contribution in [0.2, 0.25) is 0 Å². The summed E-state index contributed by atoms with van der Waals surface area (Å²) in [5, 5.41) is 16.6. The third-order valence-corrected chi connectivity index (χ3v) is 3.13. The summed E-state index contributed by atoms with van der Waals surface area (Å²) in [6.45, 7) is 5.46. The molecular formula is C15H19N5. The van der Waals surface area contributed by atoms with Crippen LogP contribution in [0.15, 0.2) is 24.3 Å². The number of nitrogen functional groups attached to an aromatic ring is 1. The summed E-state index contributed by atoms with van der Waals surface area (Å²) in [5.41, 5.74) is 9.29. The molecular weight excluding hydrogens is 250 g/mol. The molecule has 0 unspecified atom stereocenters. The average Bonchev–Trinajstić information content (AvgIpc) is 2.72. The lowest BCUT2D eigenvalue weighted by atomic mass is 10.1. The second-order valence-corrected chi connectivity index (χ2v) is 4.74. The standard InChI is InChI=1S/C15H19N5/c1-3-7-20-15(14(17)11(2)19-20)18-10-13-6-4-5-12(8-13)9-16/h4-6,8,18H,3,7,10,17H2,1-2H3. The molecule has 5 heteroatoms. The Morgan fingerprint density at radius 1 is 1.45 bits per heavy atom. The summed E-state index contributed by atoms with van der Waals surface area (Å²) in [4.78, 5) is 0. The molecule has 1 heterocycles. The molecule has 0 saturated heterocycles. The van der Waals surface area contributed by atoms with Crippen molar-refractivity contribution in [3.05, 3.63) is 41.1 Å². The Labute approximate surface area is 119 Å². The van der Waals surface area contributed by atoms with Gasteiger partial charge in [-0.3, -0.25) is 0 Å². The normalized spacial score (nSPS) is 10.2. The van der Waals surface area contributed by atoms with E-state index in [0.717, 1.165) is 30.0 Å². The van der Waals surface area contributed by atoms with E-state index in [1.165, 1.54) is 0 Å². The van der Waals surface area contributed by atoms with Crippen LogP contribution in [-0.2, 0) is 13.1 Å². The smallest absolute Gasteiger partial charge is 0.148 e. The molecule has 1 aromatic carbocycles. The Balaban J connectivity index is 2.16. The Bertz CT molecular complexity index is 636. The number of rotatable bonds is 5. The first-order valence-electron chi connectivity index (χ1n) is 6.71. The van der Waals surface area contributed by atoms with Crippen LogP contribution in [0.25, 0.3) is 0 Å². The summed E-state index contributed by atoms with van der Waals surface area (Å²) in [6.07, 6.45) is 0.999. The fourth-order valence-corrected chi connectivity index (χ4v) is 2.09. The van der Waals surface area contributed by atoms with Crippen molar-refractivity contribution in [2.45, 2.75) is 33.4 Å². The molecule has 5 nitrogen and oxygen atoms in total. The summed E-state index contributed by atoms with van der Waals surface area (Å²) >= 11 is 0. The molecule has 1 aromatic heterocycles. The number of benzene rings is 1. The fourth-order valence-electron chi connectivity index (χ4n) is 2.09. The minimum absolute atomic E-state index is 0.620. The van der Waals surface area contributed by atoms with E-state index in [0.29, 0.717) is 17.8 Å². The number of hydrogen-bond donors (Lipinski definition) is 2. The van der Waals surface area contributed by atoms with E-state index in [2.05, 4.69) is 23.4 Å². The Kier molecular flexibility index (Phi) is 4.26. The van der Waals surface area contributed by atoms with E-state index in [9.17, 15) is 0 Å². The van der Waals surface area contributed by atoms with E-state index in [4.69, 9.17) is 11.0 Å². The molecule has 2 aromatic rings. The van der Waals surface area contributed by atoms with Crippen molar-refractivity contribution < 1.29 is 0 Å². The number of nitriles is 1. The number of aromatic nitrogens is 2. The van der Waals surface area contributed by atoms with Crippen molar-refractivity contribution in [3.8, 4) is 6.07 Å². The molecule has 2 rings (SSSR count). The van der Waals surface area contributed by atoms with E-state index >= 15 is 0 Å². The van der Waals surface area contributed by atoms with Crippen molar-refractivity contribution in [2.24, 2.45) is 0 Å². The maximum Gasteiger partial charge on any atom is 0.148 e. The molecule has 0 spiro atoms. The first-order chi connectivity index (χ1) is 9.65. The van der Waals surface area contributed by atoms with Gasteiger partial charge in [0, 0.05) is 13.1 Å². The molecule has 0 aliphatic carbocycles. The SMILES string of the molecule is CCCn1nc(C)c(N)c1NCc1cccc(C#N)c1. The van der Waals surface area contributed by atoms with E-state index in [1.54, 1.807) is 6.07 Å². The van der Waals surface area contributed by atoms with Crippen LogP contribution < -0.4 is 11.1 Å². The lowest BCUT2D eigenvalue weighted by Gasteiger charge is -2.10. The van der Waals surface area contributed by atoms with Crippen molar-refractivity contribution in [2.75, 3.05) is 11.1 Å². The van der Waals surface area contributed by atoms with Gasteiger partial charge in [-0.2, -0.15) is 10.4 Å². The van der Waals surface area contributed by atoms with Gasteiger partial charge in [0.25, 0.3) is 0 Å². The van der Waals surface area contributed by atoms with Gasteiger partial charge in [0.15, 0.2) is 0 Å². The quantitative estimate of drug-likeness (QED) is 0.874. The van der Waals surface area contributed by atoms with Crippen LogP contribution in [0.1, 0.15) is 30.2 Å². The Morgan fingerprint density at radius 3 is 2.95 bits per heavy atom. The lowest BCUT2D eigenvalue weighted by molar-refractivity contribution is 0.603. The zero-order valence-electron chi connectivity index (χ0n) is 11.8. The highest BCUT2D eigenvalue weighted by molar-refractivity contribution is 5.64. The predicted octanol–water partition coefficient (Wildman–Crippen LogP) is 2.67. The second kappa shape index (κ2) is 6.11. The van der Waals surface area contributed by atoms with Crippen LogP contribution in [0.5, 0.6) is 0 Å². The Hall–Kier alpha value is -2.48. The zero-order valence-corrected chi connectivity index (χ0v) is 11.8. The number of nitrogens with two attached hydrogens (primary N) is 1. The van der Waals surface area contributed by atoms with Crippen LogP contribution >= 0.6 is 0 Å². The minimum Gasteiger partial charge on any atom is -0.394 e. The van der Waals surface area contributed by atoms with Gasteiger partial charge in [-0.25, -0.2) is 4.68 Å². The monoisotopic (exact) mass is 269 g/mol. The van der Waals surface area contributed by atoms with Gasteiger partial charge in [0.2, 0.25) is 0 Å². The molecule has 0 bridgehead atoms. The summed E-state index contributed by atoms with van der Waals surface area (Å²) < 4.78 is 1.90. The molecule has 20 heavy (non-hydrogen) atoms. The zero-order chi connectivity index (χ0) is 14.5. The van der Waals surface area contributed by atoms with E-state index in [-0.39, 0.29) is 0 Å². The van der Waals surface area contributed by atoms with Gasteiger partial charge in [-0.15, -0.1) is 0 Å². The maximum absolute atomic E-state index is 8.90. The molecule has 0 aliphatic rings. The second-order valence-electron chi connectivity index (χ2n) is 4.74. The van der Waals surface area contributed by atoms with Gasteiger partial charge in [-0.05, 0) is 31.0 Å². The first-order valence-corrected chi connectivity index (χ1v) is 6.71. The number of aryl methyl sites for hydroxylation is 2. The molecule has 0 fully saturated rings. The summed E-state index contributed by atoms with van der Waals surface area (Å²) in [6, 6.07) is 9.68. The molecule has 3 N–H and O–H groups in total. The predicted molar refractivity (Wildman–Crippen MR) is 80.2 cm³/mol. The van der Waals surface area contributed by atoms with Crippen molar-refractivity contribution >= 4 is 11.5 Å². The summed E-state index contributed by atoms with van der Waals surface area (Å²) in [5.74, 6) is 0.853. The summed E-state index contributed by atoms with van der Waals surface area (Å²) in [7, 11) is 0. The van der Waals surface area contributed by atoms with Gasteiger partial charge in [-0.1, -0.05) is 19.1 Å². The first kappa shape index (κ1) is 13.9. The topological polar surface area (TPSA) is 79.7 Å². The third-order valence-electron chi connectivity index (χ3n) is 3.13. The highest BCUT2D eigenvalue weighted by Gasteiger charge is 2.11. The molecule has 0 amide bonds. The largest absolute Gasteiger partial charge is 0.394 e. The van der Waals surface area contributed by atoms with E-state index < -0.39 is 0 Å². The van der Waals surface area contributed by atoms with Crippen molar-refractivity contribution in [1.82, 2.24) is 9.78 Å². The number of nitrogens with one attached hydrogen (secondary N) is 1. The highest BCUT2D eigenvalue weighted by atomic mass is 15.3. The molecule has 0 atom stereocenters. The number of anilines is 2. The van der Waals surface area contributed by atoms with Crippen LogP contribution in [0, 0.1) is 18.3 Å². The van der Waals surface area contributed by atoms with Crippen LogP contribution in [0.3, 0.4) is 0 Å². The molecule has 104 valence electrons. The third kappa shape index (κ3) is 2.91. The average molecular weight is 269 g/mol. The minimum atomic E-state index is 0.620. The van der Waals surface area contributed by atoms with Gasteiger partial charge in [0.05, 0.1) is 23.0 Å². The van der Waals surface area contributed by atoms with Gasteiger partial charge >= 0.3 is 0 Å². The lowest BCUT2D eigenvalue weighted by Crippen LogP contribution is -2.09. The fraction of sp³-hybridized carbons (Fsp3) is 0.333. The van der Waals surface area contributed by atoms with Crippen molar-refractivity contribution in [1.29, 1.82) is 5.26 Å². The van der Waals surface area contributed by atoms with Gasteiger partial charge < -0.3 is 11.1 Å². The molecule has 0 aliphatic heterocycles. The van der Waals surface area contributed by atoms with Gasteiger partial charge in [0.1, 0.15) is 5.82 Å². The molecule has 0 saturated carbocycles. The van der Waals surface area contributed by atoms with Crippen LogP contribution in [0.4, 0.5) is 11.5 Å². The number of nitrogens with zero attached hydrogens (tertiary/aromatic N) is 3. The van der Waals surface area contributed by atoms with E-state index in [1.807, 2.05) is 29.8 Å². The highest BCUT2D eigenvalue weighted by Crippen LogP contribution is 2.23. The van der Waals surface area contributed by atoms with Crippen molar-refractivity contribution in [3.63, 3.8) is 0 Å². The van der Waals surface area contributed by atoms with Crippen LogP contribution in [-0.4, -0.2) is 9.78 Å². The molecule has 0 radical (unpaired) electrons.